The summed E-state index contributed by atoms with van der Waals surface area (Å²) in [7, 11) is -3.69. The van der Waals surface area contributed by atoms with E-state index < -0.39 is 34.0 Å². The lowest BCUT2D eigenvalue weighted by Crippen LogP contribution is -2.54. The minimum atomic E-state index is -3.69. The van der Waals surface area contributed by atoms with Gasteiger partial charge in [-0.05, 0) is 56.2 Å². The third kappa shape index (κ3) is 4.57. The summed E-state index contributed by atoms with van der Waals surface area (Å²) in [6, 6.07) is 4.20. The summed E-state index contributed by atoms with van der Waals surface area (Å²) in [4.78, 5) is 39.6. The number of amides is 4. The van der Waals surface area contributed by atoms with Crippen molar-refractivity contribution in [3.63, 3.8) is 0 Å². The van der Waals surface area contributed by atoms with E-state index in [0.29, 0.717) is 30.8 Å². The van der Waals surface area contributed by atoms with Crippen molar-refractivity contribution in [3.8, 4) is 0 Å². The average Bonchev–Trinajstić information content (AvgIpc) is 2.99. The van der Waals surface area contributed by atoms with Crippen LogP contribution >= 0.6 is 0 Å². The number of anilines is 1. The second-order valence-corrected chi connectivity index (χ2v) is 11.7. The first-order valence-corrected chi connectivity index (χ1v) is 13.6. The molecule has 2 N–H and O–H groups in total. The molecule has 0 bridgehead atoms. The molecule has 1 aromatic rings. The third-order valence-corrected chi connectivity index (χ3v) is 9.50. The predicted molar refractivity (Wildman–Crippen MR) is 128 cm³/mol. The molecule has 0 radical (unpaired) electrons. The number of carbonyl (C=O) groups is 3. The Kier molecular flexibility index (Phi) is 7.00. The number of carbonyl (C=O) groups excluding carboxylic acids is 3. The largest absolute Gasteiger partial charge is 0.325 e. The minimum absolute atomic E-state index is 0.00890. The van der Waals surface area contributed by atoms with Gasteiger partial charge in [-0.3, -0.25) is 14.5 Å². The monoisotopic (exact) mass is 490 g/mol. The Hall–Kier alpha value is -2.46. The number of urea groups is 1. The molecule has 34 heavy (non-hydrogen) atoms. The topological polar surface area (TPSA) is 116 Å². The fraction of sp³-hybridized carbons (Fsp3) is 0.625. The van der Waals surface area contributed by atoms with Crippen LogP contribution in [-0.2, 0) is 19.6 Å². The van der Waals surface area contributed by atoms with Crippen LogP contribution in [0.5, 0.6) is 0 Å². The van der Waals surface area contributed by atoms with E-state index >= 15 is 0 Å². The third-order valence-electron chi connectivity index (χ3n) is 7.46. The van der Waals surface area contributed by atoms with E-state index in [0.717, 1.165) is 49.8 Å². The number of rotatable bonds is 5. The van der Waals surface area contributed by atoms with E-state index in [1.807, 2.05) is 6.92 Å². The van der Waals surface area contributed by atoms with Gasteiger partial charge in [0, 0.05) is 18.8 Å². The molecule has 2 saturated heterocycles. The van der Waals surface area contributed by atoms with E-state index in [4.69, 9.17) is 0 Å². The zero-order valence-electron chi connectivity index (χ0n) is 19.9. The molecular formula is C24H34N4O5S. The summed E-state index contributed by atoms with van der Waals surface area (Å²) in [6.45, 7) is 4.25. The molecule has 1 aromatic carbocycles. The Morgan fingerprint density at radius 1 is 1.12 bits per heavy atom. The Bertz CT molecular complexity index is 1080. The van der Waals surface area contributed by atoms with Gasteiger partial charge in [0.2, 0.25) is 15.9 Å². The van der Waals surface area contributed by atoms with E-state index in [1.54, 1.807) is 19.1 Å². The van der Waals surface area contributed by atoms with Gasteiger partial charge in [0.1, 0.15) is 12.1 Å². The lowest BCUT2D eigenvalue weighted by Gasteiger charge is -2.36. The fourth-order valence-corrected chi connectivity index (χ4v) is 7.13. The summed E-state index contributed by atoms with van der Waals surface area (Å²) in [5, 5.41) is 5.51. The Labute approximate surface area is 201 Å². The standard InChI is InChI=1S/C24H34N4O5S/c1-17-10-11-19(15-20(17)34(32,33)27-13-7-3-4-8-14-27)25-21(29)16-28-22(30)24(26-23(28)31)12-6-5-9-18(24)2/h10-11,15,18H,3-9,12-14,16H2,1-2H3,(H,25,29)(H,26,31). The molecule has 0 aromatic heterocycles. The number of imide groups is 1. The molecule has 2 atom stereocenters. The molecule has 186 valence electrons. The zero-order valence-corrected chi connectivity index (χ0v) is 20.7. The van der Waals surface area contributed by atoms with Crippen LogP contribution in [0.3, 0.4) is 0 Å². The van der Waals surface area contributed by atoms with E-state index in [-0.39, 0.29) is 16.7 Å². The molecule has 2 unspecified atom stereocenters. The van der Waals surface area contributed by atoms with Gasteiger partial charge in [-0.15, -0.1) is 0 Å². The molecule has 4 rings (SSSR count). The van der Waals surface area contributed by atoms with Crippen LogP contribution in [0.15, 0.2) is 23.1 Å². The van der Waals surface area contributed by atoms with Gasteiger partial charge in [-0.2, -0.15) is 4.31 Å². The Morgan fingerprint density at radius 3 is 2.50 bits per heavy atom. The molecule has 4 amide bonds. The van der Waals surface area contributed by atoms with Crippen molar-refractivity contribution >= 4 is 33.6 Å². The lowest BCUT2D eigenvalue weighted by molar-refractivity contribution is -0.136. The van der Waals surface area contributed by atoms with Gasteiger partial charge in [0.25, 0.3) is 5.91 Å². The number of hydrogen-bond acceptors (Lipinski definition) is 5. The van der Waals surface area contributed by atoms with Crippen molar-refractivity contribution in [2.75, 3.05) is 25.0 Å². The molecule has 2 aliphatic heterocycles. The Morgan fingerprint density at radius 2 is 1.82 bits per heavy atom. The van der Waals surface area contributed by atoms with Crippen molar-refractivity contribution in [1.29, 1.82) is 0 Å². The van der Waals surface area contributed by atoms with Crippen molar-refractivity contribution in [2.24, 2.45) is 5.92 Å². The van der Waals surface area contributed by atoms with Crippen LogP contribution in [-0.4, -0.2) is 60.6 Å². The molecule has 9 nitrogen and oxygen atoms in total. The second kappa shape index (κ2) is 9.65. The van der Waals surface area contributed by atoms with Gasteiger partial charge >= 0.3 is 6.03 Å². The van der Waals surface area contributed by atoms with E-state index in [9.17, 15) is 22.8 Å². The van der Waals surface area contributed by atoms with Crippen LogP contribution < -0.4 is 10.6 Å². The number of nitrogens with zero attached hydrogens (tertiary/aromatic N) is 2. The second-order valence-electron chi connectivity index (χ2n) is 9.79. The first-order chi connectivity index (χ1) is 16.1. The van der Waals surface area contributed by atoms with Crippen LogP contribution in [0.4, 0.5) is 10.5 Å². The first kappa shape index (κ1) is 24.7. The Balaban J connectivity index is 1.48. The predicted octanol–water partition coefficient (Wildman–Crippen LogP) is 3.00. The van der Waals surface area contributed by atoms with E-state index in [1.165, 1.54) is 10.4 Å². The SMILES string of the molecule is Cc1ccc(NC(=O)CN2C(=O)NC3(CCCCC3C)C2=O)cc1S(=O)(=O)N1CCCCCC1. The van der Waals surface area contributed by atoms with Crippen LogP contribution in [0, 0.1) is 12.8 Å². The molecule has 2 heterocycles. The van der Waals surface area contributed by atoms with Crippen LogP contribution in [0.1, 0.15) is 63.9 Å². The number of nitrogens with one attached hydrogen (secondary N) is 2. The van der Waals surface area contributed by atoms with Crippen molar-refractivity contribution in [2.45, 2.75) is 75.6 Å². The number of benzene rings is 1. The van der Waals surface area contributed by atoms with Gasteiger partial charge in [-0.25, -0.2) is 13.2 Å². The summed E-state index contributed by atoms with van der Waals surface area (Å²) in [5.74, 6) is -0.895. The highest BCUT2D eigenvalue weighted by Gasteiger charge is 2.55. The highest BCUT2D eigenvalue weighted by molar-refractivity contribution is 7.89. The van der Waals surface area contributed by atoms with Gasteiger partial charge in [-0.1, -0.05) is 38.7 Å². The molecular weight excluding hydrogens is 456 g/mol. The normalized spacial score (nSPS) is 26.4. The van der Waals surface area contributed by atoms with Crippen LogP contribution in [0.25, 0.3) is 0 Å². The smallest absolute Gasteiger partial charge is 0.324 e. The quantitative estimate of drug-likeness (QED) is 0.616. The molecule has 1 saturated carbocycles. The maximum atomic E-state index is 13.3. The summed E-state index contributed by atoms with van der Waals surface area (Å²) in [5.41, 5.74) is -0.00480. The first-order valence-electron chi connectivity index (χ1n) is 12.2. The van der Waals surface area contributed by atoms with Crippen molar-refractivity contribution in [1.82, 2.24) is 14.5 Å². The van der Waals surface area contributed by atoms with Crippen LogP contribution in [0.2, 0.25) is 0 Å². The minimum Gasteiger partial charge on any atom is -0.324 e. The number of hydrogen-bond donors (Lipinski definition) is 2. The number of sulfonamides is 1. The summed E-state index contributed by atoms with van der Waals surface area (Å²) in [6.07, 6.45) is 7.00. The lowest BCUT2D eigenvalue weighted by atomic mass is 9.73. The molecule has 1 aliphatic carbocycles. The van der Waals surface area contributed by atoms with Crippen molar-refractivity contribution in [3.05, 3.63) is 23.8 Å². The van der Waals surface area contributed by atoms with Crippen molar-refractivity contribution < 1.29 is 22.8 Å². The number of aryl methyl sites for hydroxylation is 1. The highest BCUT2D eigenvalue weighted by atomic mass is 32.2. The fourth-order valence-electron chi connectivity index (χ4n) is 5.36. The van der Waals surface area contributed by atoms with Gasteiger partial charge in [0.05, 0.1) is 4.90 Å². The maximum absolute atomic E-state index is 13.3. The van der Waals surface area contributed by atoms with Gasteiger partial charge in [0.15, 0.2) is 0 Å². The molecule has 3 aliphatic rings. The van der Waals surface area contributed by atoms with Gasteiger partial charge < -0.3 is 10.6 Å². The zero-order chi connectivity index (χ0) is 24.5. The maximum Gasteiger partial charge on any atom is 0.325 e. The average molecular weight is 491 g/mol. The molecule has 1 spiro atoms. The summed E-state index contributed by atoms with van der Waals surface area (Å²) >= 11 is 0. The summed E-state index contributed by atoms with van der Waals surface area (Å²) < 4.78 is 28.1. The van der Waals surface area contributed by atoms with E-state index in [2.05, 4.69) is 10.6 Å². The molecule has 10 heteroatoms. The highest BCUT2D eigenvalue weighted by Crippen LogP contribution is 2.38. The molecule has 3 fully saturated rings.